The summed E-state index contributed by atoms with van der Waals surface area (Å²) in [6.07, 6.45) is 15.2. The van der Waals surface area contributed by atoms with Gasteiger partial charge in [-0.25, -0.2) is 0 Å². The first-order chi connectivity index (χ1) is 13.9. The summed E-state index contributed by atoms with van der Waals surface area (Å²) in [6, 6.07) is 25.9. The lowest BCUT2D eigenvalue weighted by Crippen LogP contribution is -2.26. The number of allylic oxidation sites excluding steroid dienone is 6. The molecule has 0 amide bonds. The smallest absolute Gasteiger partial charge is 0.00135 e. The van der Waals surface area contributed by atoms with Crippen molar-refractivity contribution < 1.29 is 0 Å². The van der Waals surface area contributed by atoms with E-state index in [1.807, 2.05) is 0 Å². The maximum Gasteiger partial charge on any atom is -0.00135 e. The van der Waals surface area contributed by atoms with E-state index in [1.54, 1.807) is 0 Å². The zero-order chi connectivity index (χ0) is 18.8. The average Bonchev–Trinajstić information content (AvgIpc) is 3.03. The van der Waals surface area contributed by atoms with Crippen LogP contribution in [-0.2, 0) is 6.42 Å². The van der Waals surface area contributed by atoms with Crippen molar-refractivity contribution in [2.45, 2.75) is 12.8 Å². The Bertz CT molecular complexity index is 1210. The Morgan fingerprint density at radius 2 is 1.29 bits per heavy atom. The van der Waals surface area contributed by atoms with Crippen LogP contribution in [0.1, 0.15) is 17.5 Å². The van der Waals surface area contributed by atoms with Gasteiger partial charge in [-0.15, -0.1) is 0 Å². The van der Waals surface area contributed by atoms with E-state index >= 15 is 0 Å². The minimum absolute atomic E-state index is 1.04. The van der Waals surface area contributed by atoms with Crippen LogP contribution in [0.15, 0.2) is 109 Å². The van der Waals surface area contributed by atoms with Crippen molar-refractivity contribution in [3.63, 3.8) is 0 Å². The van der Waals surface area contributed by atoms with Gasteiger partial charge in [-0.3, -0.25) is 0 Å². The van der Waals surface area contributed by atoms with Crippen molar-refractivity contribution in [3.05, 3.63) is 130 Å². The largest absolute Gasteiger partial charge is 0.0801 e. The Balaban J connectivity index is 0.000000123. The molecule has 0 spiro atoms. The molecule has 0 nitrogen and oxygen atoms in total. The third kappa shape index (κ3) is 3.08. The molecule has 0 fully saturated rings. The van der Waals surface area contributed by atoms with E-state index in [0.717, 1.165) is 12.8 Å². The van der Waals surface area contributed by atoms with Crippen molar-refractivity contribution >= 4 is 11.6 Å². The molecular formula is C28H22. The number of benzene rings is 3. The van der Waals surface area contributed by atoms with Gasteiger partial charge in [-0.1, -0.05) is 109 Å². The van der Waals surface area contributed by atoms with Crippen LogP contribution >= 0.6 is 0 Å². The molecule has 0 unspecified atom stereocenters. The van der Waals surface area contributed by atoms with Crippen LogP contribution in [0.2, 0.25) is 0 Å². The summed E-state index contributed by atoms with van der Waals surface area (Å²) in [4.78, 5) is 0. The van der Waals surface area contributed by atoms with Crippen LogP contribution in [0.5, 0.6) is 0 Å². The molecular weight excluding hydrogens is 336 g/mol. The van der Waals surface area contributed by atoms with E-state index < -0.39 is 0 Å². The summed E-state index contributed by atoms with van der Waals surface area (Å²) in [5.74, 6) is 0. The summed E-state index contributed by atoms with van der Waals surface area (Å²) in [5.41, 5.74) is 8.54. The van der Waals surface area contributed by atoms with Gasteiger partial charge in [0.25, 0.3) is 0 Å². The predicted molar refractivity (Wildman–Crippen MR) is 119 cm³/mol. The maximum absolute atomic E-state index is 2.22. The zero-order valence-electron chi connectivity index (χ0n) is 15.8. The third-order valence-corrected chi connectivity index (χ3v) is 5.63. The molecule has 0 bridgehead atoms. The van der Waals surface area contributed by atoms with Gasteiger partial charge < -0.3 is 0 Å². The average molecular weight is 358 g/mol. The Morgan fingerprint density at radius 1 is 0.607 bits per heavy atom. The van der Waals surface area contributed by atoms with Gasteiger partial charge in [0.05, 0.1) is 0 Å². The van der Waals surface area contributed by atoms with Crippen LogP contribution in [0.3, 0.4) is 0 Å². The van der Waals surface area contributed by atoms with Crippen molar-refractivity contribution in [1.82, 2.24) is 0 Å². The van der Waals surface area contributed by atoms with Gasteiger partial charge in [0.15, 0.2) is 0 Å². The number of fused-ring (bicyclic) bond motifs is 5. The van der Waals surface area contributed by atoms with Gasteiger partial charge in [-0.2, -0.15) is 0 Å². The van der Waals surface area contributed by atoms with E-state index in [0.29, 0.717) is 0 Å². The maximum atomic E-state index is 2.22. The van der Waals surface area contributed by atoms with Crippen LogP contribution < -0.4 is 10.4 Å². The van der Waals surface area contributed by atoms with Gasteiger partial charge >= 0.3 is 0 Å². The molecule has 0 N–H and O–H groups in total. The summed E-state index contributed by atoms with van der Waals surface area (Å²) >= 11 is 0. The van der Waals surface area contributed by atoms with Crippen molar-refractivity contribution in [2.24, 2.45) is 0 Å². The molecule has 6 rings (SSSR count). The topological polar surface area (TPSA) is 0 Å². The molecule has 0 radical (unpaired) electrons. The van der Waals surface area contributed by atoms with Gasteiger partial charge in [-0.05, 0) is 56.7 Å². The summed E-state index contributed by atoms with van der Waals surface area (Å²) < 4.78 is 0. The molecule has 0 saturated heterocycles. The Morgan fingerprint density at radius 3 is 2.07 bits per heavy atom. The Labute approximate surface area is 166 Å². The lowest BCUT2D eigenvalue weighted by atomic mass is 9.96. The predicted octanol–water partition coefficient (Wildman–Crippen LogP) is 5.33. The fourth-order valence-corrected chi connectivity index (χ4v) is 4.25. The van der Waals surface area contributed by atoms with Crippen LogP contribution in [0.25, 0.3) is 22.8 Å². The molecule has 0 saturated carbocycles. The van der Waals surface area contributed by atoms with Crippen LogP contribution in [-0.4, -0.2) is 0 Å². The van der Waals surface area contributed by atoms with Crippen molar-refractivity contribution in [1.29, 1.82) is 0 Å². The number of hydrogen-bond acceptors (Lipinski definition) is 0. The molecule has 0 heterocycles. The first-order valence-electron chi connectivity index (χ1n) is 9.90. The summed E-state index contributed by atoms with van der Waals surface area (Å²) in [7, 11) is 0. The minimum atomic E-state index is 1.04. The standard InChI is InChI=1S/C15H12.C13H10/c1-3-10-14-12(6-1)8-5-9-13-7-2-4-11-15(13)14;1-3-7-12-10(5-1)9-11-6-2-4-8-13(11)12/h1-10H,11H2;1-8H,9H2. The molecule has 0 atom stereocenters. The minimum Gasteiger partial charge on any atom is -0.0801 e. The molecule has 0 aliphatic heterocycles. The van der Waals surface area contributed by atoms with Crippen molar-refractivity contribution in [2.75, 3.05) is 0 Å². The third-order valence-electron chi connectivity index (χ3n) is 5.63. The highest BCUT2D eigenvalue weighted by molar-refractivity contribution is 5.76. The molecule has 3 aromatic carbocycles. The highest BCUT2D eigenvalue weighted by Crippen LogP contribution is 2.35. The summed E-state index contributed by atoms with van der Waals surface area (Å²) in [6.45, 7) is 0. The molecule has 3 aliphatic carbocycles. The SMILES string of the molecule is C1=CCC2=c3ccccc3=CC=CC2=C1.c1ccc2c(c1)Cc1ccccc1-2. The number of hydrogen-bond donors (Lipinski definition) is 0. The highest BCUT2D eigenvalue weighted by atomic mass is 14.2. The van der Waals surface area contributed by atoms with E-state index in [2.05, 4.69) is 109 Å². The molecule has 28 heavy (non-hydrogen) atoms. The Kier molecular flexibility index (Phi) is 4.39. The van der Waals surface area contributed by atoms with Crippen LogP contribution in [0.4, 0.5) is 0 Å². The van der Waals surface area contributed by atoms with Gasteiger partial charge in [0.2, 0.25) is 0 Å². The molecule has 0 heteroatoms. The molecule has 3 aliphatic rings. The first kappa shape index (κ1) is 16.8. The zero-order valence-corrected chi connectivity index (χ0v) is 15.8. The van der Waals surface area contributed by atoms with E-state index in [1.165, 1.54) is 43.8 Å². The second-order valence-corrected chi connectivity index (χ2v) is 7.34. The second-order valence-electron chi connectivity index (χ2n) is 7.34. The van der Waals surface area contributed by atoms with E-state index in [4.69, 9.17) is 0 Å². The quantitative estimate of drug-likeness (QED) is 0.398. The first-order valence-corrected chi connectivity index (χ1v) is 9.90. The van der Waals surface area contributed by atoms with Crippen LogP contribution in [0, 0.1) is 0 Å². The summed E-state index contributed by atoms with van der Waals surface area (Å²) in [5, 5.41) is 2.69. The lowest BCUT2D eigenvalue weighted by molar-refractivity contribution is 1.26. The normalized spacial score (nSPS) is 15.0. The number of rotatable bonds is 0. The molecule has 0 aromatic heterocycles. The Hall–Kier alpha value is -3.38. The fourth-order valence-electron chi connectivity index (χ4n) is 4.25. The second kappa shape index (κ2) is 7.32. The van der Waals surface area contributed by atoms with Gasteiger partial charge in [0.1, 0.15) is 0 Å². The molecule has 134 valence electrons. The monoisotopic (exact) mass is 358 g/mol. The van der Waals surface area contributed by atoms with Crippen molar-refractivity contribution in [3.8, 4) is 11.1 Å². The van der Waals surface area contributed by atoms with Gasteiger partial charge in [0, 0.05) is 0 Å². The lowest BCUT2D eigenvalue weighted by Gasteiger charge is -2.09. The fraction of sp³-hybridized carbons (Fsp3) is 0.0714. The van der Waals surface area contributed by atoms with E-state index in [9.17, 15) is 0 Å². The highest BCUT2D eigenvalue weighted by Gasteiger charge is 2.15. The van der Waals surface area contributed by atoms with E-state index in [-0.39, 0.29) is 0 Å². The molecule has 3 aromatic rings.